The van der Waals surface area contributed by atoms with E-state index in [9.17, 15) is 8.42 Å². The lowest BCUT2D eigenvalue weighted by atomic mass is 10.1. The SMILES string of the molecule is Cc1ccc(N)c(S(=O)(=O)NCCC2CCCCO2)c1C. The van der Waals surface area contributed by atoms with E-state index >= 15 is 0 Å². The van der Waals surface area contributed by atoms with Gasteiger partial charge in [-0.2, -0.15) is 0 Å². The first kappa shape index (κ1) is 16.3. The Morgan fingerprint density at radius 2 is 2.10 bits per heavy atom. The number of nitrogens with one attached hydrogen (secondary N) is 1. The molecule has 1 heterocycles. The first-order valence-corrected chi connectivity index (χ1v) is 8.87. The fourth-order valence-electron chi connectivity index (χ4n) is 2.63. The minimum Gasteiger partial charge on any atom is -0.398 e. The molecule has 2 rings (SSSR count). The molecule has 118 valence electrons. The summed E-state index contributed by atoms with van der Waals surface area (Å²) in [6.45, 7) is 4.81. The highest BCUT2D eigenvalue weighted by Gasteiger charge is 2.22. The molecule has 1 unspecified atom stereocenters. The number of benzene rings is 1. The predicted octanol–water partition coefficient (Wildman–Crippen LogP) is 2.12. The van der Waals surface area contributed by atoms with Crippen molar-refractivity contribution in [3.05, 3.63) is 23.3 Å². The normalized spacial score (nSPS) is 19.6. The average Bonchev–Trinajstić information content (AvgIpc) is 2.44. The molecule has 1 fully saturated rings. The van der Waals surface area contributed by atoms with Gasteiger partial charge in [-0.15, -0.1) is 0 Å². The number of nitrogens with two attached hydrogens (primary N) is 1. The topological polar surface area (TPSA) is 81.4 Å². The third-order valence-electron chi connectivity index (χ3n) is 4.01. The molecule has 1 aliphatic heterocycles. The third kappa shape index (κ3) is 3.96. The lowest BCUT2D eigenvalue weighted by molar-refractivity contribution is 0.0123. The Hall–Kier alpha value is -1.11. The van der Waals surface area contributed by atoms with Crippen LogP contribution >= 0.6 is 0 Å². The zero-order valence-electron chi connectivity index (χ0n) is 12.7. The first-order valence-electron chi connectivity index (χ1n) is 7.39. The third-order valence-corrected chi connectivity index (χ3v) is 5.67. The number of sulfonamides is 1. The van der Waals surface area contributed by atoms with Crippen LogP contribution in [0, 0.1) is 13.8 Å². The molecule has 0 aromatic heterocycles. The monoisotopic (exact) mass is 312 g/mol. The summed E-state index contributed by atoms with van der Waals surface area (Å²) in [6, 6.07) is 3.47. The van der Waals surface area contributed by atoms with Crippen LogP contribution in [0.15, 0.2) is 17.0 Å². The molecular formula is C15H24N2O3S. The number of nitrogen functional groups attached to an aromatic ring is 1. The van der Waals surface area contributed by atoms with Crippen LogP contribution in [0.2, 0.25) is 0 Å². The molecule has 0 amide bonds. The van der Waals surface area contributed by atoms with Crippen molar-refractivity contribution in [3.8, 4) is 0 Å². The molecule has 1 aromatic rings. The Morgan fingerprint density at radius 3 is 2.76 bits per heavy atom. The summed E-state index contributed by atoms with van der Waals surface area (Å²) in [5.74, 6) is 0. The van der Waals surface area contributed by atoms with Crippen LogP contribution in [0.5, 0.6) is 0 Å². The van der Waals surface area contributed by atoms with E-state index in [4.69, 9.17) is 10.5 Å². The van der Waals surface area contributed by atoms with Crippen molar-refractivity contribution in [1.82, 2.24) is 4.72 Å². The minimum atomic E-state index is -3.58. The minimum absolute atomic E-state index is 0.164. The standard InChI is InChI=1S/C15H24N2O3S/c1-11-6-7-14(16)15(12(11)2)21(18,19)17-9-8-13-5-3-4-10-20-13/h6-7,13,17H,3-5,8-10,16H2,1-2H3. The molecule has 1 aromatic carbocycles. The molecule has 1 atom stereocenters. The Morgan fingerprint density at radius 1 is 1.33 bits per heavy atom. The van der Waals surface area contributed by atoms with E-state index in [1.807, 2.05) is 13.0 Å². The Labute approximate surface area is 126 Å². The maximum Gasteiger partial charge on any atom is 0.242 e. The number of aryl methyl sites for hydroxylation is 1. The summed E-state index contributed by atoms with van der Waals surface area (Å²) in [5, 5.41) is 0. The lowest BCUT2D eigenvalue weighted by Gasteiger charge is -2.22. The maximum atomic E-state index is 12.4. The van der Waals surface area contributed by atoms with E-state index < -0.39 is 10.0 Å². The molecule has 0 aliphatic carbocycles. The zero-order chi connectivity index (χ0) is 15.5. The molecule has 1 aliphatic rings. The molecule has 21 heavy (non-hydrogen) atoms. The van der Waals surface area contributed by atoms with Gasteiger partial charge in [0.1, 0.15) is 4.90 Å². The van der Waals surface area contributed by atoms with Crippen molar-refractivity contribution < 1.29 is 13.2 Å². The molecule has 0 bridgehead atoms. The van der Waals surface area contributed by atoms with Gasteiger partial charge >= 0.3 is 0 Å². The highest BCUT2D eigenvalue weighted by Crippen LogP contribution is 2.25. The van der Waals surface area contributed by atoms with Gasteiger partial charge in [0.2, 0.25) is 10.0 Å². The van der Waals surface area contributed by atoms with Crippen LogP contribution in [-0.4, -0.2) is 27.7 Å². The van der Waals surface area contributed by atoms with Crippen molar-refractivity contribution in [2.24, 2.45) is 0 Å². The lowest BCUT2D eigenvalue weighted by Crippen LogP contribution is -2.30. The number of ether oxygens (including phenoxy) is 1. The second-order valence-electron chi connectivity index (χ2n) is 5.60. The van der Waals surface area contributed by atoms with Gasteiger partial charge in [-0.05, 0) is 56.7 Å². The van der Waals surface area contributed by atoms with Crippen molar-refractivity contribution in [2.75, 3.05) is 18.9 Å². The molecule has 3 N–H and O–H groups in total. The summed E-state index contributed by atoms with van der Waals surface area (Å²) in [4.78, 5) is 0.201. The fraction of sp³-hybridized carbons (Fsp3) is 0.600. The second-order valence-corrected chi connectivity index (χ2v) is 7.30. The summed E-state index contributed by atoms with van der Waals surface area (Å²) in [7, 11) is -3.58. The van der Waals surface area contributed by atoms with Crippen LogP contribution in [0.1, 0.15) is 36.8 Å². The van der Waals surface area contributed by atoms with Crippen LogP contribution in [0.3, 0.4) is 0 Å². The van der Waals surface area contributed by atoms with E-state index in [1.165, 1.54) is 0 Å². The summed E-state index contributed by atoms with van der Waals surface area (Å²) < 4.78 is 33.1. The molecule has 1 saturated heterocycles. The summed E-state index contributed by atoms with van der Waals surface area (Å²) >= 11 is 0. The Bertz CT molecular complexity index is 593. The highest BCUT2D eigenvalue weighted by molar-refractivity contribution is 7.89. The van der Waals surface area contributed by atoms with Crippen molar-refractivity contribution in [3.63, 3.8) is 0 Å². The van der Waals surface area contributed by atoms with Gasteiger partial charge in [0.05, 0.1) is 11.8 Å². The highest BCUT2D eigenvalue weighted by atomic mass is 32.2. The molecule has 5 nitrogen and oxygen atoms in total. The van der Waals surface area contributed by atoms with Crippen LogP contribution < -0.4 is 10.5 Å². The quantitative estimate of drug-likeness (QED) is 0.816. The summed E-state index contributed by atoms with van der Waals surface area (Å²) in [6.07, 6.45) is 4.12. The van der Waals surface area contributed by atoms with Crippen LogP contribution in [0.25, 0.3) is 0 Å². The van der Waals surface area contributed by atoms with Gasteiger partial charge < -0.3 is 10.5 Å². The predicted molar refractivity (Wildman–Crippen MR) is 83.7 cm³/mol. The van der Waals surface area contributed by atoms with Gasteiger partial charge in [-0.1, -0.05) is 6.07 Å². The van der Waals surface area contributed by atoms with Crippen LogP contribution in [-0.2, 0) is 14.8 Å². The maximum absolute atomic E-state index is 12.4. The fourth-order valence-corrected chi connectivity index (χ4v) is 4.10. The van der Waals surface area contributed by atoms with Gasteiger partial charge in [-0.25, -0.2) is 13.1 Å². The van der Waals surface area contributed by atoms with E-state index in [-0.39, 0.29) is 11.0 Å². The average molecular weight is 312 g/mol. The van der Waals surface area contributed by atoms with Gasteiger partial charge in [0.25, 0.3) is 0 Å². The number of anilines is 1. The van der Waals surface area contributed by atoms with Crippen molar-refractivity contribution in [1.29, 1.82) is 0 Å². The molecule has 0 saturated carbocycles. The number of hydrogen-bond donors (Lipinski definition) is 2. The van der Waals surface area contributed by atoms with E-state index in [1.54, 1.807) is 13.0 Å². The second kappa shape index (κ2) is 6.77. The number of rotatable bonds is 5. The molecule has 0 spiro atoms. The Kier molecular flexibility index (Phi) is 5.24. The first-order chi connectivity index (χ1) is 9.92. The van der Waals surface area contributed by atoms with Gasteiger partial charge in [0, 0.05) is 13.2 Å². The van der Waals surface area contributed by atoms with Gasteiger partial charge in [-0.3, -0.25) is 0 Å². The molecular weight excluding hydrogens is 288 g/mol. The molecule has 6 heteroatoms. The van der Waals surface area contributed by atoms with E-state index in [0.717, 1.165) is 31.4 Å². The largest absolute Gasteiger partial charge is 0.398 e. The van der Waals surface area contributed by atoms with Crippen molar-refractivity contribution >= 4 is 15.7 Å². The smallest absolute Gasteiger partial charge is 0.242 e. The van der Waals surface area contributed by atoms with Crippen molar-refractivity contribution in [2.45, 2.75) is 50.5 Å². The zero-order valence-corrected chi connectivity index (χ0v) is 13.5. The Balaban J connectivity index is 2.03. The number of hydrogen-bond acceptors (Lipinski definition) is 4. The summed E-state index contributed by atoms with van der Waals surface area (Å²) in [5.41, 5.74) is 7.76. The molecule has 0 radical (unpaired) electrons. The van der Waals surface area contributed by atoms with Crippen LogP contribution in [0.4, 0.5) is 5.69 Å². The van der Waals surface area contributed by atoms with Gasteiger partial charge in [0.15, 0.2) is 0 Å². The van der Waals surface area contributed by atoms with E-state index in [0.29, 0.717) is 24.2 Å². The van der Waals surface area contributed by atoms with E-state index in [2.05, 4.69) is 4.72 Å².